The number of aryl methyl sites for hydroxylation is 1. The number of thiophene rings is 1. The summed E-state index contributed by atoms with van der Waals surface area (Å²) >= 11 is 7.18. The molecule has 32 heavy (non-hydrogen) atoms. The Bertz CT molecular complexity index is 1280. The van der Waals surface area contributed by atoms with Gasteiger partial charge in [-0.25, -0.2) is 8.42 Å². The molecule has 1 saturated heterocycles. The van der Waals surface area contributed by atoms with Crippen LogP contribution in [0.2, 0.25) is 5.02 Å². The van der Waals surface area contributed by atoms with Crippen molar-refractivity contribution in [3.8, 4) is 0 Å². The first-order chi connectivity index (χ1) is 14.9. The Balaban J connectivity index is 0.00000245. The normalized spacial score (nSPS) is 19.0. The van der Waals surface area contributed by atoms with E-state index in [9.17, 15) is 13.2 Å². The SMILES string of the molecule is Cl.O=C1[C@@H](NS(=O)(=O)c2cc3cc(Cl)ccc3s2)CCN1c1ccc2c(c1)CNCCC2. The van der Waals surface area contributed by atoms with Gasteiger partial charge in [0, 0.05) is 28.5 Å². The third-order valence-electron chi connectivity index (χ3n) is 5.84. The highest BCUT2D eigenvalue weighted by Gasteiger charge is 2.36. The van der Waals surface area contributed by atoms with E-state index < -0.39 is 16.1 Å². The number of benzene rings is 2. The molecule has 3 aromatic rings. The molecule has 2 aliphatic rings. The summed E-state index contributed by atoms with van der Waals surface area (Å²) in [6, 6.07) is 12.2. The predicted molar refractivity (Wildman–Crippen MR) is 132 cm³/mol. The van der Waals surface area contributed by atoms with Gasteiger partial charge in [0.1, 0.15) is 10.3 Å². The molecule has 0 radical (unpaired) electrons. The zero-order valence-electron chi connectivity index (χ0n) is 17.1. The topological polar surface area (TPSA) is 78.5 Å². The van der Waals surface area contributed by atoms with E-state index in [1.54, 1.807) is 29.2 Å². The second-order valence-electron chi connectivity index (χ2n) is 7.93. The summed E-state index contributed by atoms with van der Waals surface area (Å²) in [5.41, 5.74) is 3.34. The number of hydrogen-bond donors (Lipinski definition) is 2. The van der Waals surface area contributed by atoms with Gasteiger partial charge in [-0.3, -0.25) is 4.79 Å². The Morgan fingerprint density at radius 1 is 1.12 bits per heavy atom. The lowest BCUT2D eigenvalue weighted by atomic mass is 10.0. The molecule has 1 fully saturated rings. The molecule has 3 heterocycles. The molecule has 0 unspecified atom stereocenters. The van der Waals surface area contributed by atoms with Crippen LogP contribution in [0.25, 0.3) is 10.1 Å². The van der Waals surface area contributed by atoms with Crippen molar-refractivity contribution in [3.05, 3.63) is 58.6 Å². The lowest BCUT2D eigenvalue weighted by Gasteiger charge is -2.19. The van der Waals surface area contributed by atoms with Crippen LogP contribution in [-0.2, 0) is 27.8 Å². The summed E-state index contributed by atoms with van der Waals surface area (Å²) in [6.07, 6.45) is 2.56. The molecule has 1 atom stereocenters. The van der Waals surface area contributed by atoms with E-state index in [2.05, 4.69) is 22.2 Å². The Morgan fingerprint density at radius 3 is 2.81 bits per heavy atom. The lowest BCUT2D eigenvalue weighted by Crippen LogP contribution is -2.41. The average Bonchev–Trinajstić information content (AvgIpc) is 3.23. The highest BCUT2D eigenvalue weighted by Crippen LogP contribution is 2.32. The molecule has 0 bridgehead atoms. The number of fused-ring (bicyclic) bond motifs is 2. The number of carbonyl (C=O) groups is 1. The molecule has 1 amide bonds. The van der Waals surface area contributed by atoms with Crippen LogP contribution < -0.4 is 14.9 Å². The van der Waals surface area contributed by atoms with Gasteiger partial charge in [-0.15, -0.1) is 23.7 Å². The molecule has 170 valence electrons. The quantitative estimate of drug-likeness (QED) is 0.552. The van der Waals surface area contributed by atoms with Crippen molar-refractivity contribution in [1.82, 2.24) is 10.0 Å². The molecular weight excluding hydrogens is 489 g/mol. The van der Waals surface area contributed by atoms with Crippen molar-refractivity contribution in [2.24, 2.45) is 0 Å². The Kier molecular flexibility index (Phi) is 6.81. The summed E-state index contributed by atoms with van der Waals surface area (Å²) in [5.74, 6) is -0.214. The van der Waals surface area contributed by atoms with E-state index in [0.717, 1.165) is 41.7 Å². The van der Waals surface area contributed by atoms with Crippen molar-refractivity contribution in [1.29, 1.82) is 0 Å². The van der Waals surface area contributed by atoms with Gasteiger partial charge in [-0.05, 0) is 78.7 Å². The second-order valence-corrected chi connectivity index (χ2v) is 11.4. The van der Waals surface area contributed by atoms with E-state index in [-0.39, 0.29) is 22.5 Å². The molecule has 2 aliphatic heterocycles. The largest absolute Gasteiger partial charge is 0.313 e. The predicted octanol–water partition coefficient (Wildman–Crippen LogP) is 4.10. The molecule has 5 rings (SSSR count). The van der Waals surface area contributed by atoms with E-state index in [1.165, 1.54) is 22.5 Å². The molecular formula is C22H23Cl2N3O3S2. The van der Waals surface area contributed by atoms with E-state index >= 15 is 0 Å². The standard InChI is InChI=1S/C22H22ClN3O3S2.ClH/c23-17-4-6-20-15(10-17)12-21(30-20)31(28,29)25-19-7-9-26(22(19)27)18-5-3-14-2-1-8-24-13-16(14)11-18;/h3-6,10-12,19,24-25H,1-2,7-9,13H2;1H/t19-;/m0./s1. The number of amides is 1. The number of sulfonamides is 1. The molecule has 1 aromatic heterocycles. The second kappa shape index (κ2) is 9.29. The van der Waals surface area contributed by atoms with Gasteiger partial charge >= 0.3 is 0 Å². The van der Waals surface area contributed by atoms with Crippen molar-refractivity contribution in [2.45, 2.75) is 36.1 Å². The van der Waals surface area contributed by atoms with E-state index in [4.69, 9.17) is 11.6 Å². The summed E-state index contributed by atoms with van der Waals surface area (Å²) < 4.78 is 29.5. The number of rotatable bonds is 4. The van der Waals surface area contributed by atoms with Crippen LogP contribution in [0.15, 0.2) is 46.7 Å². The first-order valence-corrected chi connectivity index (χ1v) is 12.9. The number of hydrogen-bond acceptors (Lipinski definition) is 5. The van der Waals surface area contributed by atoms with Crippen LogP contribution in [0.1, 0.15) is 24.0 Å². The van der Waals surface area contributed by atoms with Crippen molar-refractivity contribution < 1.29 is 13.2 Å². The van der Waals surface area contributed by atoms with Gasteiger partial charge in [0.2, 0.25) is 5.91 Å². The van der Waals surface area contributed by atoms with E-state index in [0.29, 0.717) is 18.0 Å². The minimum absolute atomic E-state index is 0. The first kappa shape index (κ1) is 23.5. The van der Waals surface area contributed by atoms with Gasteiger partial charge < -0.3 is 10.2 Å². The highest BCUT2D eigenvalue weighted by atomic mass is 35.5. The molecule has 2 N–H and O–H groups in total. The molecule has 2 aromatic carbocycles. The van der Waals surface area contributed by atoms with Crippen LogP contribution in [0.3, 0.4) is 0 Å². The number of nitrogens with one attached hydrogen (secondary N) is 2. The number of anilines is 1. The van der Waals surface area contributed by atoms with Gasteiger partial charge in [-0.1, -0.05) is 17.7 Å². The van der Waals surface area contributed by atoms with Crippen LogP contribution in [0.5, 0.6) is 0 Å². The summed E-state index contributed by atoms with van der Waals surface area (Å²) in [5, 5.41) is 4.73. The summed E-state index contributed by atoms with van der Waals surface area (Å²) in [4.78, 5) is 14.7. The highest BCUT2D eigenvalue weighted by molar-refractivity contribution is 7.91. The fraction of sp³-hybridized carbons (Fsp3) is 0.318. The molecule has 0 spiro atoms. The Morgan fingerprint density at radius 2 is 1.97 bits per heavy atom. The first-order valence-electron chi connectivity index (χ1n) is 10.3. The number of halogens is 2. The molecule has 0 saturated carbocycles. The van der Waals surface area contributed by atoms with Crippen molar-refractivity contribution in [3.63, 3.8) is 0 Å². The van der Waals surface area contributed by atoms with Gasteiger partial charge in [0.15, 0.2) is 0 Å². The van der Waals surface area contributed by atoms with Crippen LogP contribution in [-0.4, -0.2) is 33.5 Å². The van der Waals surface area contributed by atoms with Crippen molar-refractivity contribution in [2.75, 3.05) is 18.0 Å². The number of carbonyl (C=O) groups excluding carboxylic acids is 1. The molecule has 6 nitrogen and oxygen atoms in total. The summed E-state index contributed by atoms with van der Waals surface area (Å²) in [7, 11) is -3.81. The Labute approximate surface area is 202 Å². The lowest BCUT2D eigenvalue weighted by molar-refractivity contribution is -0.118. The average molecular weight is 512 g/mol. The fourth-order valence-corrected chi connectivity index (χ4v) is 7.03. The third-order valence-corrected chi connectivity index (χ3v) is 9.14. The van der Waals surface area contributed by atoms with Gasteiger partial charge in [-0.2, -0.15) is 4.72 Å². The minimum atomic E-state index is -3.81. The van der Waals surface area contributed by atoms with Crippen LogP contribution in [0, 0.1) is 0 Å². The van der Waals surface area contributed by atoms with Gasteiger partial charge in [0.25, 0.3) is 10.0 Å². The number of nitrogens with zero attached hydrogens (tertiary/aromatic N) is 1. The zero-order valence-corrected chi connectivity index (χ0v) is 20.3. The minimum Gasteiger partial charge on any atom is -0.313 e. The fourth-order valence-electron chi connectivity index (χ4n) is 4.23. The van der Waals surface area contributed by atoms with E-state index in [1.807, 2.05) is 6.07 Å². The zero-order chi connectivity index (χ0) is 21.6. The van der Waals surface area contributed by atoms with Crippen LogP contribution in [0.4, 0.5) is 5.69 Å². The maximum absolute atomic E-state index is 13.0. The smallest absolute Gasteiger partial charge is 0.250 e. The van der Waals surface area contributed by atoms with Crippen molar-refractivity contribution >= 4 is 67.0 Å². The Hall–Kier alpha value is -1.68. The monoisotopic (exact) mass is 511 g/mol. The maximum atomic E-state index is 13.0. The van der Waals surface area contributed by atoms with Crippen LogP contribution >= 0.6 is 35.3 Å². The third kappa shape index (κ3) is 4.53. The summed E-state index contributed by atoms with van der Waals surface area (Å²) in [6.45, 7) is 2.26. The molecule has 10 heteroatoms. The maximum Gasteiger partial charge on any atom is 0.250 e. The van der Waals surface area contributed by atoms with Gasteiger partial charge in [0.05, 0.1) is 0 Å². The molecule has 0 aliphatic carbocycles.